The predicted octanol–water partition coefficient (Wildman–Crippen LogP) is 3.05. The lowest BCUT2D eigenvalue weighted by Crippen LogP contribution is -2.14. The first-order chi connectivity index (χ1) is 9.65. The van der Waals surface area contributed by atoms with Crippen LogP contribution in [-0.4, -0.2) is 24.4 Å². The molecule has 1 aromatic rings. The molecule has 0 fully saturated rings. The zero-order chi connectivity index (χ0) is 14.3. The molecule has 0 radical (unpaired) electrons. The fraction of sp³-hybridized carbons (Fsp3) is 0.250. The first kappa shape index (κ1) is 12.7. The van der Waals surface area contributed by atoms with Gasteiger partial charge in [-0.2, -0.15) is 0 Å². The quantitative estimate of drug-likeness (QED) is 0.868. The van der Waals surface area contributed by atoms with E-state index in [-0.39, 0.29) is 11.5 Å². The molecule has 0 heterocycles. The molecule has 0 unspecified atom stereocenters. The van der Waals surface area contributed by atoms with Gasteiger partial charge in [-0.3, -0.25) is 0 Å². The monoisotopic (exact) mass is 272 g/mol. The Morgan fingerprint density at radius 2 is 1.90 bits per heavy atom. The van der Waals surface area contributed by atoms with E-state index in [4.69, 9.17) is 9.47 Å². The largest absolute Gasteiger partial charge is 0.508 e. The van der Waals surface area contributed by atoms with Crippen molar-refractivity contribution in [1.82, 2.24) is 0 Å². The Bertz CT molecular complexity index is 665. The van der Waals surface area contributed by atoms with Crippen molar-refractivity contribution in [3.8, 4) is 5.75 Å². The van der Waals surface area contributed by atoms with Crippen molar-refractivity contribution < 1.29 is 19.7 Å². The van der Waals surface area contributed by atoms with Gasteiger partial charge in [-0.25, -0.2) is 0 Å². The van der Waals surface area contributed by atoms with Crippen LogP contribution in [0.1, 0.15) is 17.5 Å². The topological polar surface area (TPSA) is 58.9 Å². The summed E-state index contributed by atoms with van der Waals surface area (Å²) in [4.78, 5) is 0. The lowest BCUT2D eigenvalue weighted by molar-refractivity contribution is 0.197. The molecule has 0 aromatic heterocycles. The Morgan fingerprint density at radius 1 is 1.10 bits per heavy atom. The number of allylic oxidation sites excluding steroid dienone is 3. The summed E-state index contributed by atoms with van der Waals surface area (Å²) in [5.41, 5.74) is 3.72. The molecule has 4 heteroatoms. The van der Waals surface area contributed by atoms with Crippen LogP contribution in [0.15, 0.2) is 47.1 Å². The van der Waals surface area contributed by atoms with E-state index in [1.54, 1.807) is 19.2 Å². The number of phenolic OH excluding ortho intramolecular Hbond substituents is 1. The van der Waals surface area contributed by atoms with Gasteiger partial charge in [0.05, 0.1) is 14.2 Å². The van der Waals surface area contributed by atoms with Gasteiger partial charge in [0, 0.05) is 12.0 Å². The minimum Gasteiger partial charge on any atom is -0.508 e. The average molecular weight is 272 g/mol. The van der Waals surface area contributed by atoms with E-state index >= 15 is 0 Å². The first-order valence-corrected chi connectivity index (χ1v) is 6.42. The van der Waals surface area contributed by atoms with Crippen molar-refractivity contribution in [2.45, 2.75) is 12.8 Å². The van der Waals surface area contributed by atoms with Gasteiger partial charge >= 0.3 is 0 Å². The van der Waals surface area contributed by atoms with E-state index in [2.05, 4.69) is 6.08 Å². The summed E-state index contributed by atoms with van der Waals surface area (Å²) in [5.74, 6) is 1.33. The maximum absolute atomic E-state index is 10.5. The summed E-state index contributed by atoms with van der Waals surface area (Å²) in [6.45, 7) is 0. The highest BCUT2D eigenvalue weighted by Crippen LogP contribution is 2.43. The molecule has 2 N–H and O–H groups in total. The van der Waals surface area contributed by atoms with Gasteiger partial charge in [-0.1, -0.05) is 12.1 Å². The number of benzene rings is 1. The van der Waals surface area contributed by atoms with Crippen LogP contribution in [0.4, 0.5) is 0 Å². The first-order valence-electron chi connectivity index (χ1n) is 6.42. The third-order valence-corrected chi connectivity index (χ3v) is 3.75. The zero-order valence-electron chi connectivity index (χ0n) is 11.4. The number of aliphatic hydroxyl groups excluding tert-OH is 1. The molecule has 104 valence electrons. The molecule has 2 aliphatic rings. The van der Waals surface area contributed by atoms with Gasteiger partial charge in [0.15, 0.2) is 11.5 Å². The molecule has 0 saturated heterocycles. The molecule has 0 bridgehead atoms. The Balaban J connectivity index is 2.22. The van der Waals surface area contributed by atoms with E-state index < -0.39 is 0 Å². The number of phenols is 1. The van der Waals surface area contributed by atoms with Crippen LogP contribution in [0.5, 0.6) is 5.75 Å². The fourth-order valence-corrected chi connectivity index (χ4v) is 2.82. The summed E-state index contributed by atoms with van der Waals surface area (Å²) < 4.78 is 10.6. The standard InChI is InChI=1S/C16H16O4/c1-19-13-8-10-4-3-9-7-11(17)5-6-12(9)14(10)15(18)16(13)20-2/h4-7,17-18H,3,8H2,1-2H3. The Kier molecular flexibility index (Phi) is 2.93. The van der Waals surface area contributed by atoms with Gasteiger partial charge in [-0.15, -0.1) is 0 Å². The van der Waals surface area contributed by atoms with E-state index in [1.165, 1.54) is 7.11 Å². The summed E-state index contributed by atoms with van der Waals surface area (Å²) >= 11 is 0. The molecule has 0 amide bonds. The van der Waals surface area contributed by atoms with Crippen LogP contribution in [0.2, 0.25) is 0 Å². The Labute approximate surface area is 117 Å². The predicted molar refractivity (Wildman–Crippen MR) is 75.1 cm³/mol. The molecule has 1 aromatic carbocycles. The number of rotatable bonds is 2. The summed E-state index contributed by atoms with van der Waals surface area (Å²) in [7, 11) is 3.09. The van der Waals surface area contributed by atoms with Crippen LogP contribution >= 0.6 is 0 Å². The minimum absolute atomic E-state index is 0.0912. The van der Waals surface area contributed by atoms with Crippen molar-refractivity contribution in [3.05, 3.63) is 58.3 Å². The van der Waals surface area contributed by atoms with Crippen molar-refractivity contribution in [2.24, 2.45) is 0 Å². The Morgan fingerprint density at radius 3 is 2.60 bits per heavy atom. The van der Waals surface area contributed by atoms with Gasteiger partial charge in [0.25, 0.3) is 0 Å². The second-order valence-electron chi connectivity index (χ2n) is 4.84. The summed E-state index contributed by atoms with van der Waals surface area (Å²) in [6, 6.07) is 5.18. The van der Waals surface area contributed by atoms with Gasteiger partial charge in [0.2, 0.25) is 0 Å². The molecular formula is C16H16O4. The number of aliphatic hydroxyl groups is 1. The number of fused-ring (bicyclic) bond motifs is 3. The molecule has 3 rings (SSSR count). The van der Waals surface area contributed by atoms with Crippen LogP contribution in [0.3, 0.4) is 0 Å². The van der Waals surface area contributed by atoms with Gasteiger partial charge in [-0.05, 0) is 35.3 Å². The highest BCUT2D eigenvalue weighted by molar-refractivity contribution is 5.87. The second kappa shape index (κ2) is 4.63. The van der Waals surface area contributed by atoms with Gasteiger partial charge in [0.1, 0.15) is 11.5 Å². The van der Waals surface area contributed by atoms with Crippen LogP contribution in [-0.2, 0) is 15.9 Å². The van der Waals surface area contributed by atoms with Crippen molar-refractivity contribution in [1.29, 1.82) is 0 Å². The van der Waals surface area contributed by atoms with Crippen molar-refractivity contribution >= 4 is 5.57 Å². The fourth-order valence-electron chi connectivity index (χ4n) is 2.82. The van der Waals surface area contributed by atoms with Crippen LogP contribution in [0.25, 0.3) is 5.57 Å². The zero-order valence-corrected chi connectivity index (χ0v) is 11.4. The molecular weight excluding hydrogens is 256 g/mol. The minimum atomic E-state index is 0.0912. The lowest BCUT2D eigenvalue weighted by atomic mass is 9.81. The SMILES string of the molecule is COC1=C(OC)C(O)=C2C(=CCc3cc(O)ccc32)C1. The molecule has 0 aliphatic heterocycles. The van der Waals surface area contributed by atoms with Gasteiger partial charge < -0.3 is 19.7 Å². The summed E-state index contributed by atoms with van der Waals surface area (Å²) in [5, 5.41) is 20.1. The average Bonchev–Trinajstić information content (AvgIpc) is 2.46. The number of aromatic hydroxyl groups is 1. The van der Waals surface area contributed by atoms with E-state index in [9.17, 15) is 10.2 Å². The van der Waals surface area contributed by atoms with Crippen LogP contribution in [0, 0.1) is 0 Å². The maximum atomic E-state index is 10.5. The highest BCUT2D eigenvalue weighted by Gasteiger charge is 2.30. The molecule has 4 nitrogen and oxygen atoms in total. The third-order valence-electron chi connectivity index (χ3n) is 3.75. The molecule has 2 aliphatic carbocycles. The smallest absolute Gasteiger partial charge is 0.199 e. The Hall–Kier alpha value is -2.36. The van der Waals surface area contributed by atoms with Crippen LogP contribution < -0.4 is 0 Å². The molecule has 0 spiro atoms. The normalized spacial score (nSPS) is 17.4. The van der Waals surface area contributed by atoms with E-state index in [0.717, 1.165) is 28.7 Å². The highest BCUT2D eigenvalue weighted by atomic mass is 16.5. The van der Waals surface area contributed by atoms with Crippen molar-refractivity contribution in [3.63, 3.8) is 0 Å². The maximum Gasteiger partial charge on any atom is 0.199 e. The third kappa shape index (κ3) is 1.76. The number of hydrogen-bond acceptors (Lipinski definition) is 4. The lowest BCUT2D eigenvalue weighted by Gasteiger charge is -2.27. The second-order valence-corrected chi connectivity index (χ2v) is 4.84. The number of ether oxygens (including phenoxy) is 2. The number of hydrogen-bond donors (Lipinski definition) is 2. The van der Waals surface area contributed by atoms with Crippen molar-refractivity contribution in [2.75, 3.05) is 14.2 Å². The molecule has 0 saturated carbocycles. The molecule has 0 atom stereocenters. The summed E-state index contributed by atoms with van der Waals surface area (Å²) in [6.07, 6.45) is 3.38. The van der Waals surface area contributed by atoms with E-state index in [1.807, 2.05) is 6.07 Å². The molecule has 20 heavy (non-hydrogen) atoms. The van der Waals surface area contributed by atoms with E-state index in [0.29, 0.717) is 17.9 Å². The number of methoxy groups -OCH3 is 2.